The summed E-state index contributed by atoms with van der Waals surface area (Å²) in [5.74, 6) is -0.716. The number of rotatable bonds is 7. The third-order valence-corrected chi connectivity index (χ3v) is 1.55. The van der Waals surface area contributed by atoms with Crippen LogP contribution >= 0.6 is 0 Å². The zero-order valence-corrected chi connectivity index (χ0v) is 10.4. The molecule has 0 atom stereocenters. The Morgan fingerprint density at radius 1 is 1.00 bits per heavy atom. The van der Waals surface area contributed by atoms with E-state index in [2.05, 4.69) is 0 Å². The molecule has 0 bridgehead atoms. The first-order valence-corrected chi connectivity index (χ1v) is 4.10. The molecule has 0 aliphatic rings. The SMILES string of the molecule is O=C(O)CCCCCCCO.[Zn]. The number of carboxylic acid groups (broad SMARTS) is 1. The van der Waals surface area contributed by atoms with E-state index in [9.17, 15) is 4.79 Å². The van der Waals surface area contributed by atoms with Gasteiger partial charge in [0.1, 0.15) is 0 Å². The van der Waals surface area contributed by atoms with Crippen molar-refractivity contribution in [2.75, 3.05) is 6.61 Å². The first-order valence-electron chi connectivity index (χ1n) is 4.10. The molecule has 0 heterocycles. The minimum absolute atomic E-state index is 0. The average molecular weight is 226 g/mol. The molecule has 0 rings (SSSR count). The largest absolute Gasteiger partial charge is 0.481 e. The van der Waals surface area contributed by atoms with Gasteiger partial charge in [-0.1, -0.05) is 19.3 Å². The van der Waals surface area contributed by atoms with Gasteiger partial charge in [-0.3, -0.25) is 4.79 Å². The Hall–Kier alpha value is 0.0534. The van der Waals surface area contributed by atoms with Crippen LogP contribution in [-0.4, -0.2) is 22.8 Å². The predicted molar refractivity (Wildman–Crippen MR) is 42.4 cm³/mol. The zero-order chi connectivity index (χ0) is 8.53. The topological polar surface area (TPSA) is 57.5 Å². The monoisotopic (exact) mass is 224 g/mol. The van der Waals surface area contributed by atoms with Crippen molar-refractivity contribution in [3.05, 3.63) is 0 Å². The van der Waals surface area contributed by atoms with E-state index in [1.165, 1.54) is 0 Å². The number of aliphatic hydroxyl groups is 1. The number of carboxylic acids is 1. The van der Waals surface area contributed by atoms with Crippen LogP contribution in [0.25, 0.3) is 0 Å². The molecular formula is C8H16O3Zn. The van der Waals surface area contributed by atoms with Gasteiger partial charge in [0.15, 0.2) is 0 Å². The quantitative estimate of drug-likeness (QED) is 0.509. The molecule has 0 saturated heterocycles. The van der Waals surface area contributed by atoms with Crippen LogP contribution in [0.15, 0.2) is 0 Å². The van der Waals surface area contributed by atoms with Gasteiger partial charge in [-0.2, -0.15) is 0 Å². The molecule has 0 aromatic carbocycles. The molecule has 2 N–H and O–H groups in total. The number of hydrogen-bond donors (Lipinski definition) is 2. The Balaban J connectivity index is 0. The molecule has 3 nitrogen and oxygen atoms in total. The second-order valence-electron chi connectivity index (χ2n) is 2.64. The maximum absolute atomic E-state index is 10.0. The predicted octanol–water partition coefficient (Wildman–Crippen LogP) is 1.40. The maximum atomic E-state index is 10.0. The summed E-state index contributed by atoms with van der Waals surface area (Å²) in [7, 11) is 0. The van der Waals surface area contributed by atoms with Crippen LogP contribution in [0.4, 0.5) is 0 Å². The Kier molecular flexibility index (Phi) is 13.4. The van der Waals surface area contributed by atoms with Gasteiger partial charge in [0.05, 0.1) is 0 Å². The summed E-state index contributed by atoms with van der Waals surface area (Å²) >= 11 is 0. The summed E-state index contributed by atoms with van der Waals surface area (Å²) < 4.78 is 0. The van der Waals surface area contributed by atoms with Crippen molar-refractivity contribution in [3.63, 3.8) is 0 Å². The summed E-state index contributed by atoms with van der Waals surface area (Å²) in [6, 6.07) is 0. The number of aliphatic carboxylic acids is 1. The third-order valence-electron chi connectivity index (χ3n) is 1.55. The van der Waals surface area contributed by atoms with Crippen molar-refractivity contribution in [2.24, 2.45) is 0 Å². The van der Waals surface area contributed by atoms with Crippen molar-refractivity contribution in [1.29, 1.82) is 0 Å². The van der Waals surface area contributed by atoms with E-state index in [0.717, 1.165) is 32.1 Å². The fourth-order valence-corrected chi connectivity index (χ4v) is 0.918. The molecule has 0 amide bonds. The molecule has 0 saturated carbocycles. The van der Waals surface area contributed by atoms with Gasteiger partial charge in [-0.25, -0.2) is 0 Å². The number of aliphatic hydroxyl groups excluding tert-OH is 1. The first kappa shape index (κ1) is 14.6. The van der Waals surface area contributed by atoms with Gasteiger partial charge in [0.2, 0.25) is 0 Å². The first-order chi connectivity index (χ1) is 5.27. The second-order valence-corrected chi connectivity index (χ2v) is 2.64. The Labute approximate surface area is 85.9 Å². The minimum Gasteiger partial charge on any atom is -0.481 e. The van der Waals surface area contributed by atoms with E-state index in [-0.39, 0.29) is 32.5 Å². The van der Waals surface area contributed by atoms with Crippen molar-refractivity contribution in [2.45, 2.75) is 38.5 Å². The molecule has 0 unspecified atom stereocenters. The Morgan fingerprint density at radius 3 is 2.00 bits per heavy atom. The summed E-state index contributed by atoms with van der Waals surface area (Å²) in [6.45, 7) is 0.249. The van der Waals surface area contributed by atoms with Crippen molar-refractivity contribution < 1.29 is 34.5 Å². The molecular weight excluding hydrogens is 209 g/mol. The number of carbonyl (C=O) groups is 1. The van der Waals surface area contributed by atoms with E-state index >= 15 is 0 Å². The fraction of sp³-hybridized carbons (Fsp3) is 0.875. The number of hydrogen-bond acceptors (Lipinski definition) is 2. The standard InChI is InChI=1S/C8H16O3.Zn/c9-7-5-3-1-2-4-6-8(10)11;/h9H,1-7H2,(H,10,11);. The van der Waals surface area contributed by atoms with E-state index < -0.39 is 5.97 Å². The van der Waals surface area contributed by atoms with Crippen LogP contribution < -0.4 is 0 Å². The number of unbranched alkanes of at least 4 members (excludes halogenated alkanes) is 4. The van der Waals surface area contributed by atoms with E-state index in [1.807, 2.05) is 0 Å². The maximum Gasteiger partial charge on any atom is 0.303 e. The molecule has 0 aliphatic heterocycles. The minimum atomic E-state index is -0.716. The molecule has 0 aliphatic carbocycles. The van der Waals surface area contributed by atoms with Gasteiger partial charge in [0.25, 0.3) is 0 Å². The van der Waals surface area contributed by atoms with Crippen LogP contribution in [0.2, 0.25) is 0 Å². The van der Waals surface area contributed by atoms with Crippen LogP contribution in [-0.2, 0) is 24.3 Å². The molecule has 0 aromatic rings. The van der Waals surface area contributed by atoms with Crippen molar-refractivity contribution in [3.8, 4) is 0 Å². The van der Waals surface area contributed by atoms with Crippen molar-refractivity contribution in [1.82, 2.24) is 0 Å². The smallest absolute Gasteiger partial charge is 0.303 e. The van der Waals surface area contributed by atoms with E-state index in [1.54, 1.807) is 0 Å². The molecule has 0 spiro atoms. The van der Waals surface area contributed by atoms with Crippen LogP contribution in [0.1, 0.15) is 38.5 Å². The Morgan fingerprint density at radius 2 is 1.50 bits per heavy atom. The van der Waals surface area contributed by atoms with Gasteiger partial charge in [-0.05, 0) is 12.8 Å². The summed E-state index contributed by atoms with van der Waals surface area (Å²) in [5.41, 5.74) is 0. The second kappa shape index (κ2) is 11.1. The normalized spacial score (nSPS) is 9.08. The van der Waals surface area contributed by atoms with Gasteiger partial charge < -0.3 is 10.2 Å². The van der Waals surface area contributed by atoms with E-state index in [4.69, 9.17) is 10.2 Å². The Bertz CT molecular complexity index is 106. The third kappa shape index (κ3) is 12.7. The molecule has 4 heteroatoms. The van der Waals surface area contributed by atoms with Gasteiger partial charge in [0, 0.05) is 32.5 Å². The molecule has 0 radical (unpaired) electrons. The molecule has 68 valence electrons. The zero-order valence-electron chi connectivity index (χ0n) is 7.46. The molecule has 12 heavy (non-hydrogen) atoms. The van der Waals surface area contributed by atoms with Gasteiger partial charge in [-0.15, -0.1) is 0 Å². The summed E-state index contributed by atoms with van der Waals surface area (Å²) in [5, 5.41) is 16.7. The van der Waals surface area contributed by atoms with Crippen LogP contribution in [0.3, 0.4) is 0 Å². The van der Waals surface area contributed by atoms with Crippen LogP contribution in [0.5, 0.6) is 0 Å². The van der Waals surface area contributed by atoms with E-state index in [0.29, 0.717) is 0 Å². The van der Waals surface area contributed by atoms with Gasteiger partial charge >= 0.3 is 5.97 Å². The molecule has 0 fully saturated rings. The van der Waals surface area contributed by atoms with Crippen molar-refractivity contribution >= 4 is 5.97 Å². The fourth-order valence-electron chi connectivity index (χ4n) is 0.918. The molecule has 0 aromatic heterocycles. The summed E-state index contributed by atoms with van der Waals surface area (Å²) in [6.07, 6.45) is 4.89. The average Bonchev–Trinajstić information content (AvgIpc) is 1.96. The van der Waals surface area contributed by atoms with Crippen LogP contribution in [0, 0.1) is 0 Å². The summed E-state index contributed by atoms with van der Waals surface area (Å²) in [4.78, 5) is 10.0.